The minimum Gasteiger partial charge on any atom is -0.491 e. The molecular weight excluding hydrogens is 300 g/mol. The second kappa shape index (κ2) is 7.41. The van der Waals surface area contributed by atoms with E-state index in [0.29, 0.717) is 17.9 Å². The Balaban J connectivity index is 2.26. The molecule has 1 fully saturated rings. The summed E-state index contributed by atoms with van der Waals surface area (Å²) in [4.78, 5) is 24.4. The minimum absolute atomic E-state index is 0.0184. The number of nitro benzene ring substituents is 1. The predicted octanol–water partition coefficient (Wildman–Crippen LogP) is 2.52. The van der Waals surface area contributed by atoms with Crippen molar-refractivity contribution < 1.29 is 19.2 Å². The van der Waals surface area contributed by atoms with Gasteiger partial charge in [0.05, 0.1) is 18.1 Å². The molecule has 2 rings (SSSR count). The summed E-state index contributed by atoms with van der Waals surface area (Å²) in [6, 6.07) is 4.27. The van der Waals surface area contributed by atoms with E-state index < -0.39 is 4.92 Å². The summed E-state index contributed by atoms with van der Waals surface area (Å²) in [6.45, 7) is 4.98. The van der Waals surface area contributed by atoms with Crippen LogP contribution in [0.15, 0.2) is 18.2 Å². The number of nitrogens with zero attached hydrogens (tertiary/aromatic N) is 2. The minimum atomic E-state index is -0.426. The van der Waals surface area contributed by atoms with Crippen LogP contribution in [0.2, 0.25) is 0 Å². The van der Waals surface area contributed by atoms with Crippen molar-refractivity contribution in [1.29, 1.82) is 0 Å². The lowest BCUT2D eigenvalue weighted by atomic mass is 10.1. The lowest BCUT2D eigenvalue weighted by molar-refractivity contribution is -0.385. The molecule has 0 aliphatic carbocycles. The normalized spacial score (nSPS) is 18.2. The number of rotatable bonds is 6. The van der Waals surface area contributed by atoms with Crippen LogP contribution in [0, 0.1) is 10.1 Å². The topological polar surface area (TPSA) is 81.9 Å². The van der Waals surface area contributed by atoms with Crippen molar-refractivity contribution in [2.45, 2.75) is 45.4 Å². The van der Waals surface area contributed by atoms with Crippen molar-refractivity contribution in [3.8, 4) is 5.75 Å². The van der Waals surface area contributed by atoms with Crippen LogP contribution >= 0.6 is 0 Å². The van der Waals surface area contributed by atoms with E-state index in [-0.39, 0.29) is 23.8 Å². The second-order valence-electron chi connectivity index (χ2n) is 5.87. The summed E-state index contributed by atoms with van der Waals surface area (Å²) in [5.41, 5.74) is 0.730. The lowest BCUT2D eigenvalue weighted by Gasteiger charge is -2.24. The smallest absolute Gasteiger partial charge is 0.323 e. The molecule has 0 bridgehead atoms. The van der Waals surface area contributed by atoms with Gasteiger partial charge in [-0.25, -0.2) is 0 Å². The van der Waals surface area contributed by atoms with Crippen molar-refractivity contribution >= 4 is 11.7 Å². The van der Waals surface area contributed by atoms with Gasteiger partial charge in [-0.1, -0.05) is 0 Å². The van der Waals surface area contributed by atoms with Gasteiger partial charge in [0.25, 0.3) is 5.69 Å². The Labute approximate surface area is 135 Å². The molecule has 7 nitrogen and oxygen atoms in total. The molecule has 1 aliphatic heterocycles. The van der Waals surface area contributed by atoms with Gasteiger partial charge in [-0.15, -0.1) is 0 Å². The molecule has 1 atom stereocenters. The summed E-state index contributed by atoms with van der Waals surface area (Å²) >= 11 is 0. The fraction of sp³-hybridized carbons (Fsp3) is 0.562. The number of ether oxygens (including phenoxy) is 2. The van der Waals surface area contributed by atoms with E-state index in [9.17, 15) is 14.9 Å². The molecule has 1 aromatic rings. The maximum Gasteiger partial charge on any atom is 0.323 e. The van der Waals surface area contributed by atoms with E-state index in [1.54, 1.807) is 6.07 Å². The number of esters is 1. The Morgan fingerprint density at radius 1 is 1.48 bits per heavy atom. The quantitative estimate of drug-likeness (QED) is 0.455. The second-order valence-corrected chi connectivity index (χ2v) is 5.87. The largest absolute Gasteiger partial charge is 0.491 e. The molecule has 1 saturated heterocycles. The summed E-state index contributed by atoms with van der Waals surface area (Å²) in [7, 11) is 1.37. The standard InChI is InChI=1S/C16H22N2O5/c1-11(2)23-15-7-6-13(18(20)21)9-12(15)10-17-8-4-5-14(17)16(19)22-3/h6-7,9,11,14H,4-5,8,10H2,1-3H3. The molecule has 126 valence electrons. The van der Waals surface area contributed by atoms with E-state index in [1.807, 2.05) is 18.7 Å². The zero-order chi connectivity index (χ0) is 17.0. The van der Waals surface area contributed by atoms with Crippen LogP contribution in [-0.4, -0.2) is 41.6 Å². The van der Waals surface area contributed by atoms with Crippen LogP contribution < -0.4 is 4.74 Å². The van der Waals surface area contributed by atoms with E-state index in [0.717, 1.165) is 19.4 Å². The first kappa shape index (κ1) is 17.2. The summed E-state index contributed by atoms with van der Waals surface area (Å²) < 4.78 is 10.6. The summed E-state index contributed by atoms with van der Waals surface area (Å²) in [5.74, 6) is 0.348. The van der Waals surface area contributed by atoms with Crippen molar-refractivity contribution in [3.63, 3.8) is 0 Å². The van der Waals surface area contributed by atoms with E-state index in [1.165, 1.54) is 19.2 Å². The highest BCUT2D eigenvalue weighted by atomic mass is 16.6. The Hall–Kier alpha value is -2.15. The molecule has 1 aliphatic rings. The number of methoxy groups -OCH3 is 1. The first-order valence-corrected chi connectivity index (χ1v) is 7.68. The average Bonchev–Trinajstić information content (AvgIpc) is 2.95. The molecule has 1 aromatic carbocycles. The van der Waals surface area contributed by atoms with Crippen molar-refractivity contribution in [3.05, 3.63) is 33.9 Å². The number of hydrogen-bond acceptors (Lipinski definition) is 6. The molecule has 0 aromatic heterocycles. The van der Waals surface area contributed by atoms with Crippen LogP contribution in [0.25, 0.3) is 0 Å². The number of carbonyl (C=O) groups excluding carboxylic acids is 1. The number of carbonyl (C=O) groups is 1. The van der Waals surface area contributed by atoms with E-state index >= 15 is 0 Å². The van der Waals surface area contributed by atoms with Gasteiger partial charge < -0.3 is 9.47 Å². The first-order chi connectivity index (χ1) is 10.9. The molecular formula is C16H22N2O5. The van der Waals surface area contributed by atoms with Crippen molar-refractivity contribution in [2.75, 3.05) is 13.7 Å². The van der Waals surface area contributed by atoms with Crippen molar-refractivity contribution in [2.24, 2.45) is 0 Å². The third-order valence-electron chi connectivity index (χ3n) is 3.83. The first-order valence-electron chi connectivity index (χ1n) is 7.68. The Bertz CT molecular complexity index is 588. The third kappa shape index (κ3) is 4.19. The number of likely N-dealkylation sites (tertiary alicyclic amines) is 1. The van der Waals surface area contributed by atoms with Gasteiger partial charge in [0.2, 0.25) is 0 Å². The van der Waals surface area contributed by atoms with Gasteiger partial charge in [-0.2, -0.15) is 0 Å². The summed E-state index contributed by atoms with van der Waals surface area (Å²) in [6.07, 6.45) is 1.60. The maximum absolute atomic E-state index is 11.8. The molecule has 0 saturated carbocycles. The molecule has 0 spiro atoms. The Morgan fingerprint density at radius 2 is 2.22 bits per heavy atom. The molecule has 0 amide bonds. The van der Waals surface area contributed by atoms with Gasteiger partial charge in [-0.05, 0) is 39.3 Å². The molecule has 7 heteroatoms. The zero-order valence-corrected chi connectivity index (χ0v) is 13.7. The lowest BCUT2D eigenvalue weighted by Crippen LogP contribution is -2.36. The van der Waals surface area contributed by atoms with Crippen LogP contribution in [-0.2, 0) is 16.1 Å². The molecule has 0 N–H and O–H groups in total. The van der Waals surface area contributed by atoms with Crippen LogP contribution in [0.4, 0.5) is 5.69 Å². The third-order valence-corrected chi connectivity index (χ3v) is 3.83. The number of non-ortho nitro benzene ring substituents is 1. The Kier molecular flexibility index (Phi) is 5.54. The van der Waals surface area contributed by atoms with Gasteiger partial charge in [0.1, 0.15) is 11.8 Å². The van der Waals surface area contributed by atoms with Gasteiger partial charge in [0, 0.05) is 24.2 Å². The monoisotopic (exact) mass is 322 g/mol. The number of nitro groups is 1. The highest BCUT2D eigenvalue weighted by Gasteiger charge is 2.32. The number of hydrogen-bond donors (Lipinski definition) is 0. The number of benzene rings is 1. The highest BCUT2D eigenvalue weighted by molar-refractivity contribution is 5.76. The van der Waals surface area contributed by atoms with Crippen molar-refractivity contribution in [1.82, 2.24) is 4.90 Å². The van der Waals surface area contributed by atoms with Gasteiger partial charge >= 0.3 is 5.97 Å². The summed E-state index contributed by atoms with van der Waals surface area (Å²) in [5, 5.41) is 11.0. The SMILES string of the molecule is COC(=O)C1CCCN1Cc1cc([N+](=O)[O-])ccc1OC(C)C. The molecule has 23 heavy (non-hydrogen) atoms. The fourth-order valence-electron chi connectivity index (χ4n) is 2.81. The molecule has 1 unspecified atom stereocenters. The Morgan fingerprint density at radius 3 is 2.83 bits per heavy atom. The molecule has 1 heterocycles. The van der Waals surface area contributed by atoms with Crippen LogP contribution in [0.3, 0.4) is 0 Å². The molecule has 0 radical (unpaired) electrons. The van der Waals surface area contributed by atoms with Gasteiger partial charge in [-0.3, -0.25) is 19.8 Å². The van der Waals surface area contributed by atoms with E-state index in [2.05, 4.69) is 0 Å². The maximum atomic E-state index is 11.8. The predicted molar refractivity (Wildman–Crippen MR) is 84.3 cm³/mol. The zero-order valence-electron chi connectivity index (χ0n) is 13.7. The van der Waals surface area contributed by atoms with Gasteiger partial charge in [0.15, 0.2) is 0 Å². The fourth-order valence-corrected chi connectivity index (χ4v) is 2.81. The van der Waals surface area contributed by atoms with Crippen LogP contribution in [0.1, 0.15) is 32.3 Å². The average molecular weight is 322 g/mol. The van der Waals surface area contributed by atoms with Crippen LogP contribution in [0.5, 0.6) is 5.75 Å². The highest BCUT2D eigenvalue weighted by Crippen LogP contribution is 2.29. The van der Waals surface area contributed by atoms with E-state index in [4.69, 9.17) is 9.47 Å².